The number of halogens is 4. The lowest BCUT2D eigenvalue weighted by atomic mass is 10.1. The molecule has 0 spiro atoms. The van der Waals surface area contributed by atoms with E-state index in [0.717, 1.165) is 12.3 Å². The minimum Gasteiger partial charge on any atom is -0.424 e. The summed E-state index contributed by atoms with van der Waals surface area (Å²) in [4.78, 5) is 3.54. The fourth-order valence-corrected chi connectivity index (χ4v) is 1.68. The Morgan fingerprint density at radius 3 is 2.53 bits per heavy atom. The van der Waals surface area contributed by atoms with Gasteiger partial charge in [-0.15, -0.1) is 0 Å². The van der Waals surface area contributed by atoms with Gasteiger partial charge in [-0.2, -0.15) is 13.2 Å². The van der Waals surface area contributed by atoms with Crippen molar-refractivity contribution in [2.45, 2.75) is 6.18 Å². The smallest absolute Gasteiger partial charge is 0.417 e. The summed E-state index contributed by atoms with van der Waals surface area (Å²) in [5, 5.41) is -0.0732. The standard InChI is InChI=1S/C10H6ClF3N2O/c11-6-3-1-2-5(10(12,13)14)8(6)7-4-16-9(15)17-7/h1-4H,(H2,15,16). The SMILES string of the molecule is Nc1ncc(-c2c(Cl)cccc2C(F)(F)F)o1. The van der Waals surface area contributed by atoms with Crippen LogP contribution < -0.4 is 5.73 Å². The number of hydrogen-bond donors (Lipinski definition) is 1. The summed E-state index contributed by atoms with van der Waals surface area (Å²) in [7, 11) is 0. The highest BCUT2D eigenvalue weighted by molar-refractivity contribution is 6.33. The van der Waals surface area contributed by atoms with Crippen LogP contribution in [-0.4, -0.2) is 4.98 Å². The largest absolute Gasteiger partial charge is 0.424 e. The zero-order valence-electron chi connectivity index (χ0n) is 8.25. The second-order valence-electron chi connectivity index (χ2n) is 3.22. The molecule has 0 saturated carbocycles. The maximum Gasteiger partial charge on any atom is 0.417 e. The lowest BCUT2D eigenvalue weighted by Crippen LogP contribution is -2.07. The molecule has 0 fully saturated rings. The lowest BCUT2D eigenvalue weighted by Gasteiger charge is -2.11. The lowest BCUT2D eigenvalue weighted by molar-refractivity contribution is -0.137. The Balaban J connectivity index is 2.67. The Morgan fingerprint density at radius 2 is 2.00 bits per heavy atom. The van der Waals surface area contributed by atoms with Crippen LogP contribution in [-0.2, 0) is 6.18 Å². The van der Waals surface area contributed by atoms with E-state index in [9.17, 15) is 13.2 Å². The Bertz CT molecular complexity index is 551. The molecule has 0 bridgehead atoms. The average molecular weight is 263 g/mol. The second-order valence-corrected chi connectivity index (χ2v) is 3.63. The average Bonchev–Trinajstić information content (AvgIpc) is 2.63. The van der Waals surface area contributed by atoms with Gasteiger partial charge in [-0.25, -0.2) is 4.98 Å². The third-order valence-electron chi connectivity index (χ3n) is 2.09. The minimum absolute atomic E-state index is 0.0732. The first kappa shape index (κ1) is 11.8. The van der Waals surface area contributed by atoms with Crippen LogP contribution in [0, 0.1) is 0 Å². The predicted octanol–water partition coefficient (Wildman–Crippen LogP) is 3.60. The Morgan fingerprint density at radius 1 is 1.29 bits per heavy atom. The molecular formula is C10H6ClF3N2O. The van der Waals surface area contributed by atoms with Gasteiger partial charge in [0.05, 0.1) is 16.8 Å². The predicted molar refractivity (Wildman–Crippen MR) is 56.4 cm³/mol. The molecule has 17 heavy (non-hydrogen) atoms. The molecule has 0 aliphatic carbocycles. The van der Waals surface area contributed by atoms with E-state index in [1.165, 1.54) is 12.1 Å². The van der Waals surface area contributed by atoms with Crippen LogP contribution in [0.1, 0.15) is 5.56 Å². The van der Waals surface area contributed by atoms with Gasteiger partial charge in [0.1, 0.15) is 0 Å². The molecule has 3 nitrogen and oxygen atoms in total. The summed E-state index contributed by atoms with van der Waals surface area (Å²) in [6.45, 7) is 0. The normalized spacial score (nSPS) is 11.8. The number of nitrogens with two attached hydrogens (primary N) is 1. The van der Waals surface area contributed by atoms with Gasteiger partial charge >= 0.3 is 6.18 Å². The third-order valence-corrected chi connectivity index (χ3v) is 2.40. The van der Waals surface area contributed by atoms with Crippen LogP contribution in [0.25, 0.3) is 11.3 Å². The van der Waals surface area contributed by atoms with Crippen molar-refractivity contribution in [3.63, 3.8) is 0 Å². The monoisotopic (exact) mass is 262 g/mol. The van der Waals surface area contributed by atoms with Crippen molar-refractivity contribution < 1.29 is 17.6 Å². The molecule has 90 valence electrons. The number of nitrogens with zero attached hydrogens (tertiary/aromatic N) is 1. The molecule has 1 aromatic heterocycles. The summed E-state index contributed by atoms with van der Waals surface area (Å²) >= 11 is 5.75. The Labute approximate surface area is 99.0 Å². The van der Waals surface area contributed by atoms with Crippen LogP contribution >= 0.6 is 11.6 Å². The number of aromatic nitrogens is 1. The molecule has 1 heterocycles. The summed E-state index contributed by atoms with van der Waals surface area (Å²) in [5.74, 6) is -0.111. The van der Waals surface area contributed by atoms with Gasteiger partial charge in [0, 0.05) is 5.56 Å². The molecule has 1 aromatic carbocycles. The number of hydrogen-bond acceptors (Lipinski definition) is 3. The Hall–Kier alpha value is -1.69. The maximum atomic E-state index is 12.8. The highest BCUT2D eigenvalue weighted by Gasteiger charge is 2.35. The molecule has 2 rings (SSSR count). The molecule has 0 amide bonds. The molecule has 0 atom stereocenters. The fraction of sp³-hybridized carbons (Fsp3) is 0.100. The zero-order chi connectivity index (χ0) is 12.6. The van der Waals surface area contributed by atoms with Gasteiger partial charge < -0.3 is 10.2 Å². The van der Waals surface area contributed by atoms with E-state index >= 15 is 0 Å². The van der Waals surface area contributed by atoms with E-state index < -0.39 is 11.7 Å². The number of oxazole rings is 1. The molecular weight excluding hydrogens is 257 g/mol. The Kier molecular flexibility index (Phi) is 2.74. The van der Waals surface area contributed by atoms with Gasteiger partial charge in [-0.3, -0.25) is 0 Å². The minimum atomic E-state index is -4.53. The quantitative estimate of drug-likeness (QED) is 0.854. The molecule has 0 unspecified atom stereocenters. The first-order valence-electron chi connectivity index (χ1n) is 4.47. The summed E-state index contributed by atoms with van der Waals surface area (Å²) in [6, 6.07) is 3.26. The number of anilines is 1. The summed E-state index contributed by atoms with van der Waals surface area (Å²) in [6.07, 6.45) is -3.42. The van der Waals surface area contributed by atoms with Crippen LogP contribution in [0.3, 0.4) is 0 Å². The number of alkyl halides is 3. The van der Waals surface area contributed by atoms with E-state index in [-0.39, 0.29) is 22.4 Å². The van der Waals surface area contributed by atoms with E-state index in [4.69, 9.17) is 21.8 Å². The molecule has 7 heteroatoms. The highest BCUT2D eigenvalue weighted by atomic mass is 35.5. The van der Waals surface area contributed by atoms with E-state index in [2.05, 4.69) is 4.98 Å². The van der Waals surface area contributed by atoms with Crippen molar-refractivity contribution in [1.82, 2.24) is 4.98 Å². The van der Waals surface area contributed by atoms with E-state index in [1.807, 2.05) is 0 Å². The number of benzene rings is 1. The van der Waals surface area contributed by atoms with E-state index in [1.54, 1.807) is 0 Å². The first-order valence-corrected chi connectivity index (χ1v) is 4.85. The van der Waals surface area contributed by atoms with E-state index in [0.29, 0.717) is 0 Å². The molecule has 0 aliphatic heterocycles. The van der Waals surface area contributed by atoms with Gasteiger partial charge in [-0.05, 0) is 12.1 Å². The molecule has 2 aromatic rings. The van der Waals surface area contributed by atoms with Crippen molar-refractivity contribution >= 4 is 17.6 Å². The van der Waals surface area contributed by atoms with Gasteiger partial charge in [0.25, 0.3) is 6.01 Å². The van der Waals surface area contributed by atoms with Gasteiger partial charge in [-0.1, -0.05) is 17.7 Å². The van der Waals surface area contributed by atoms with Crippen molar-refractivity contribution in [1.29, 1.82) is 0 Å². The molecule has 0 saturated heterocycles. The second kappa shape index (κ2) is 3.96. The van der Waals surface area contributed by atoms with Crippen molar-refractivity contribution in [3.05, 3.63) is 35.0 Å². The van der Waals surface area contributed by atoms with Crippen LogP contribution in [0.15, 0.2) is 28.8 Å². The van der Waals surface area contributed by atoms with Crippen LogP contribution in [0.4, 0.5) is 19.2 Å². The first-order chi connectivity index (χ1) is 7.89. The zero-order valence-corrected chi connectivity index (χ0v) is 9.01. The van der Waals surface area contributed by atoms with Crippen LogP contribution in [0.2, 0.25) is 5.02 Å². The highest BCUT2D eigenvalue weighted by Crippen LogP contribution is 2.41. The number of nitrogen functional groups attached to an aromatic ring is 1. The van der Waals surface area contributed by atoms with Gasteiger partial charge in [0.15, 0.2) is 5.76 Å². The van der Waals surface area contributed by atoms with Crippen molar-refractivity contribution in [3.8, 4) is 11.3 Å². The third kappa shape index (κ3) is 2.21. The molecule has 0 radical (unpaired) electrons. The number of rotatable bonds is 1. The van der Waals surface area contributed by atoms with Gasteiger partial charge in [0.2, 0.25) is 0 Å². The summed E-state index contributed by atoms with van der Waals surface area (Å²) < 4.78 is 43.2. The summed E-state index contributed by atoms with van der Waals surface area (Å²) in [5.41, 5.74) is 4.08. The molecule has 0 aliphatic rings. The van der Waals surface area contributed by atoms with Crippen molar-refractivity contribution in [2.75, 3.05) is 5.73 Å². The van der Waals surface area contributed by atoms with Crippen molar-refractivity contribution in [2.24, 2.45) is 0 Å². The fourth-order valence-electron chi connectivity index (χ4n) is 1.41. The molecule has 2 N–H and O–H groups in total. The topological polar surface area (TPSA) is 52.0 Å². The van der Waals surface area contributed by atoms with Crippen LogP contribution in [0.5, 0.6) is 0 Å². The maximum absolute atomic E-state index is 12.8.